The third kappa shape index (κ3) is 5.37. The van der Waals surface area contributed by atoms with Crippen LogP contribution in [0.15, 0.2) is 48.5 Å². The fourth-order valence-electron chi connectivity index (χ4n) is 6.63. The monoisotopic (exact) mass is 586 g/mol. The highest BCUT2D eigenvalue weighted by Crippen LogP contribution is 2.48. The van der Waals surface area contributed by atoms with E-state index in [0.29, 0.717) is 37.2 Å². The Kier molecular flexibility index (Phi) is 7.24. The van der Waals surface area contributed by atoms with Crippen LogP contribution >= 0.6 is 0 Å². The summed E-state index contributed by atoms with van der Waals surface area (Å²) in [4.78, 5) is 11.2. The average Bonchev–Trinajstić information content (AvgIpc) is 3.43. The second-order valence-electron chi connectivity index (χ2n) is 11.8. The molecule has 0 aromatic heterocycles. The number of hydrogen-bond acceptors (Lipinski definition) is 6. The van der Waals surface area contributed by atoms with E-state index < -0.39 is 16.0 Å². The van der Waals surface area contributed by atoms with E-state index in [1.807, 2.05) is 62.4 Å². The minimum atomic E-state index is -3.24. The molecule has 4 atom stereocenters. The molecular weight excluding hydrogens is 552 g/mol. The second-order valence-corrected chi connectivity index (χ2v) is 13.7. The minimum Gasteiger partial charge on any atom is -0.489 e. The van der Waals surface area contributed by atoms with Crippen molar-refractivity contribution in [3.05, 3.63) is 81.9 Å². The fourth-order valence-corrected chi connectivity index (χ4v) is 7.51. The number of rotatable bonds is 8. The summed E-state index contributed by atoms with van der Waals surface area (Å²) in [6.45, 7) is 4.84. The van der Waals surface area contributed by atoms with Crippen molar-refractivity contribution in [3.63, 3.8) is 0 Å². The molecule has 1 heterocycles. The maximum atomic E-state index is 11.9. The second kappa shape index (κ2) is 10.8. The number of ether oxygens (including phenoxy) is 2. The lowest BCUT2D eigenvalue weighted by Crippen LogP contribution is -2.29. The van der Waals surface area contributed by atoms with Gasteiger partial charge in [-0.2, -0.15) is 9.57 Å². The summed E-state index contributed by atoms with van der Waals surface area (Å²) in [5.74, 6) is 0.500. The van der Waals surface area contributed by atoms with Crippen molar-refractivity contribution in [1.29, 1.82) is 5.26 Å². The lowest BCUT2D eigenvalue weighted by Gasteiger charge is -2.20. The van der Waals surface area contributed by atoms with Gasteiger partial charge in [-0.1, -0.05) is 18.2 Å². The topological polar surface area (TPSA) is 117 Å². The molecule has 0 amide bonds. The molecule has 2 fully saturated rings. The van der Waals surface area contributed by atoms with Crippen molar-refractivity contribution in [2.45, 2.75) is 57.7 Å². The smallest absolute Gasteiger partial charge is 0.307 e. The number of sulfonamides is 1. The summed E-state index contributed by atoms with van der Waals surface area (Å²) in [5.41, 5.74) is 7.79. The first kappa shape index (κ1) is 28.3. The molecule has 6 rings (SSSR count). The predicted octanol–water partition coefficient (Wildman–Crippen LogP) is 5.51. The van der Waals surface area contributed by atoms with Crippen LogP contribution in [0, 0.1) is 31.1 Å². The Labute approximate surface area is 246 Å². The molecule has 1 saturated carbocycles. The standard InChI is InChI=1S/C33H34N2O6S/c1-19-14-25(40-24-12-13-35(18-24)42(3,38)39)15-20(2)31(19)32-22(17-34)6-9-26-27(32)10-11-30(26)41-23-7-4-21(5-8-23)28-16-29(28)33(36)37/h4-9,14-15,24,28-30H,10-13,16,18H2,1-3H3,(H,36,37)/t24?,28-,29+,30-/m1/s1. The molecule has 1 aliphatic heterocycles. The number of hydrogen-bond donors (Lipinski definition) is 1. The van der Waals surface area contributed by atoms with Gasteiger partial charge >= 0.3 is 5.97 Å². The van der Waals surface area contributed by atoms with Crippen LogP contribution in [-0.2, 0) is 21.2 Å². The normalized spacial score (nSPS) is 23.3. The number of benzene rings is 3. The maximum Gasteiger partial charge on any atom is 0.307 e. The summed E-state index contributed by atoms with van der Waals surface area (Å²) in [6, 6.07) is 18.0. The van der Waals surface area contributed by atoms with Gasteiger partial charge in [-0.25, -0.2) is 8.42 Å². The van der Waals surface area contributed by atoms with Crippen molar-refractivity contribution >= 4 is 16.0 Å². The number of carbonyl (C=O) groups is 1. The third-order valence-corrected chi connectivity index (χ3v) is 10.1. The summed E-state index contributed by atoms with van der Waals surface area (Å²) in [6.07, 6.45) is 3.78. The largest absolute Gasteiger partial charge is 0.489 e. The number of carboxylic acid groups (broad SMARTS) is 1. The third-order valence-electron chi connectivity index (χ3n) is 8.80. The van der Waals surface area contributed by atoms with Crippen LogP contribution in [-0.4, -0.2) is 49.2 Å². The molecular formula is C33H34N2O6S. The zero-order valence-electron chi connectivity index (χ0n) is 24.0. The molecule has 8 nitrogen and oxygen atoms in total. The molecule has 218 valence electrons. The molecule has 0 spiro atoms. The Morgan fingerprint density at radius 3 is 2.31 bits per heavy atom. The van der Waals surface area contributed by atoms with E-state index in [9.17, 15) is 23.6 Å². The number of carboxylic acids is 1. The van der Waals surface area contributed by atoms with E-state index in [1.165, 1.54) is 10.6 Å². The Bertz CT molecular complexity index is 1690. The van der Waals surface area contributed by atoms with E-state index in [1.54, 1.807) is 0 Å². The quantitative estimate of drug-likeness (QED) is 0.370. The van der Waals surface area contributed by atoms with Crippen molar-refractivity contribution in [3.8, 4) is 28.7 Å². The Hall–Kier alpha value is -3.87. The highest BCUT2D eigenvalue weighted by Gasteiger charge is 2.44. The van der Waals surface area contributed by atoms with Crippen LogP contribution < -0.4 is 9.47 Å². The molecule has 9 heteroatoms. The summed E-state index contributed by atoms with van der Waals surface area (Å²) in [7, 11) is -3.24. The number of aryl methyl sites for hydroxylation is 2. The molecule has 2 aliphatic carbocycles. The number of fused-ring (bicyclic) bond motifs is 1. The highest BCUT2D eigenvalue weighted by molar-refractivity contribution is 7.88. The van der Waals surface area contributed by atoms with Crippen LogP contribution in [0.5, 0.6) is 11.5 Å². The van der Waals surface area contributed by atoms with Crippen LogP contribution in [0.2, 0.25) is 0 Å². The maximum absolute atomic E-state index is 11.9. The van der Waals surface area contributed by atoms with Crippen molar-refractivity contribution in [2.24, 2.45) is 5.92 Å². The molecule has 0 radical (unpaired) electrons. The number of nitrogens with zero attached hydrogens (tertiary/aromatic N) is 2. The van der Waals surface area contributed by atoms with Gasteiger partial charge in [0, 0.05) is 12.1 Å². The lowest BCUT2D eigenvalue weighted by molar-refractivity contribution is -0.138. The average molecular weight is 587 g/mol. The van der Waals surface area contributed by atoms with Gasteiger partial charge in [-0.05, 0) is 109 Å². The van der Waals surface area contributed by atoms with Gasteiger partial charge in [0.1, 0.15) is 23.7 Å². The summed E-state index contributed by atoms with van der Waals surface area (Å²) in [5, 5.41) is 19.3. The number of aliphatic carboxylic acids is 1. The van der Waals surface area contributed by atoms with E-state index in [0.717, 1.165) is 57.5 Å². The van der Waals surface area contributed by atoms with Gasteiger partial charge in [0.2, 0.25) is 10.0 Å². The molecule has 3 aromatic carbocycles. The van der Waals surface area contributed by atoms with E-state index in [4.69, 9.17) is 9.47 Å². The van der Waals surface area contributed by atoms with Crippen molar-refractivity contribution in [2.75, 3.05) is 19.3 Å². The van der Waals surface area contributed by atoms with E-state index in [2.05, 4.69) is 6.07 Å². The van der Waals surface area contributed by atoms with E-state index in [-0.39, 0.29) is 24.0 Å². The molecule has 1 N–H and O–H groups in total. The Balaban J connectivity index is 1.24. The molecule has 3 aromatic rings. The number of nitriles is 1. The zero-order chi connectivity index (χ0) is 29.8. The van der Waals surface area contributed by atoms with E-state index >= 15 is 0 Å². The fraction of sp³-hybridized carbons (Fsp3) is 0.394. The van der Waals surface area contributed by atoms with Gasteiger partial charge in [0.05, 0.1) is 30.4 Å². The highest BCUT2D eigenvalue weighted by atomic mass is 32.2. The zero-order valence-corrected chi connectivity index (χ0v) is 24.8. The van der Waals surface area contributed by atoms with Crippen LogP contribution in [0.3, 0.4) is 0 Å². The van der Waals surface area contributed by atoms with Gasteiger partial charge in [0.15, 0.2) is 0 Å². The molecule has 3 aliphatic rings. The van der Waals surface area contributed by atoms with Crippen LogP contribution in [0.1, 0.15) is 64.7 Å². The van der Waals surface area contributed by atoms with Gasteiger partial charge in [-0.3, -0.25) is 4.79 Å². The molecule has 1 saturated heterocycles. The summed E-state index contributed by atoms with van der Waals surface area (Å²) >= 11 is 0. The predicted molar refractivity (Wildman–Crippen MR) is 158 cm³/mol. The summed E-state index contributed by atoms with van der Waals surface area (Å²) < 4.78 is 37.9. The van der Waals surface area contributed by atoms with Crippen molar-refractivity contribution in [1.82, 2.24) is 4.31 Å². The van der Waals surface area contributed by atoms with Gasteiger partial charge in [-0.15, -0.1) is 0 Å². The first-order chi connectivity index (χ1) is 20.0. The van der Waals surface area contributed by atoms with Gasteiger partial charge in [0.25, 0.3) is 0 Å². The molecule has 1 unspecified atom stereocenters. The first-order valence-electron chi connectivity index (χ1n) is 14.3. The Morgan fingerprint density at radius 1 is 1.00 bits per heavy atom. The van der Waals surface area contributed by atoms with Crippen molar-refractivity contribution < 1.29 is 27.8 Å². The lowest BCUT2D eigenvalue weighted by atomic mass is 9.87. The Morgan fingerprint density at radius 2 is 1.71 bits per heavy atom. The van der Waals surface area contributed by atoms with Crippen LogP contribution in [0.25, 0.3) is 11.1 Å². The molecule has 42 heavy (non-hydrogen) atoms. The minimum absolute atomic E-state index is 0.0827. The first-order valence-corrected chi connectivity index (χ1v) is 16.2. The SMILES string of the molecule is Cc1cc(OC2CCN(S(C)(=O)=O)C2)cc(C)c1-c1c(C#N)ccc2c1CC[C@H]2Oc1ccc([C@H]2C[C@@H]2C(=O)O)cc1. The molecule has 0 bridgehead atoms. The van der Waals surface area contributed by atoms with Crippen LogP contribution in [0.4, 0.5) is 0 Å². The van der Waals surface area contributed by atoms with Gasteiger partial charge < -0.3 is 14.6 Å².